The first-order chi connectivity index (χ1) is 10.7. The fourth-order valence-electron chi connectivity index (χ4n) is 3.11. The van der Waals surface area contributed by atoms with Crippen LogP contribution in [0, 0.1) is 5.92 Å². The monoisotopic (exact) mass is 324 g/mol. The summed E-state index contributed by atoms with van der Waals surface area (Å²) in [6, 6.07) is 5.48. The van der Waals surface area contributed by atoms with Crippen molar-refractivity contribution in [1.29, 1.82) is 0 Å². The smallest absolute Gasteiger partial charge is 0.242 e. The number of hydrogen-bond acceptors (Lipinski definition) is 4. The molecule has 22 heavy (non-hydrogen) atoms. The lowest BCUT2D eigenvalue weighted by Crippen LogP contribution is -2.47. The summed E-state index contributed by atoms with van der Waals surface area (Å²) in [7, 11) is 0. The minimum atomic E-state index is 0.103. The molecule has 2 aliphatic rings. The summed E-state index contributed by atoms with van der Waals surface area (Å²) in [5.74, 6) is 1.09. The highest BCUT2D eigenvalue weighted by molar-refractivity contribution is 6.31. The average molecular weight is 325 g/mol. The summed E-state index contributed by atoms with van der Waals surface area (Å²) in [5, 5.41) is 9.93. The lowest BCUT2D eigenvalue weighted by atomic mass is 9.99. The SMILES string of the molecule is O=C(CN1CCOc2ccc(Cl)cc21)N1CCCC(CO)C1. The number of amides is 1. The van der Waals surface area contributed by atoms with E-state index < -0.39 is 0 Å². The van der Waals surface area contributed by atoms with Crippen LogP contribution in [-0.2, 0) is 4.79 Å². The third-order valence-corrected chi connectivity index (χ3v) is 4.57. The number of carbonyl (C=O) groups excluding carboxylic acids is 1. The van der Waals surface area contributed by atoms with E-state index >= 15 is 0 Å². The van der Waals surface area contributed by atoms with Gasteiger partial charge in [-0.3, -0.25) is 4.79 Å². The predicted octanol–water partition coefficient (Wildman–Crippen LogP) is 1.77. The second-order valence-electron chi connectivity index (χ2n) is 5.91. The molecule has 0 radical (unpaired) electrons. The number of likely N-dealkylation sites (tertiary alicyclic amines) is 1. The molecule has 1 N–H and O–H groups in total. The third-order valence-electron chi connectivity index (χ3n) is 4.34. The van der Waals surface area contributed by atoms with Crippen molar-refractivity contribution < 1.29 is 14.6 Å². The zero-order valence-electron chi connectivity index (χ0n) is 12.5. The first-order valence-corrected chi connectivity index (χ1v) is 8.11. The maximum Gasteiger partial charge on any atom is 0.242 e. The molecule has 0 bridgehead atoms. The molecule has 0 aliphatic carbocycles. The Morgan fingerprint density at radius 1 is 1.41 bits per heavy atom. The van der Waals surface area contributed by atoms with E-state index in [0.29, 0.717) is 31.3 Å². The number of hydrogen-bond donors (Lipinski definition) is 1. The molecule has 1 aromatic carbocycles. The molecule has 0 aromatic heterocycles. The van der Waals surface area contributed by atoms with Crippen LogP contribution in [0.1, 0.15) is 12.8 Å². The molecule has 0 saturated carbocycles. The summed E-state index contributed by atoms with van der Waals surface area (Å²) >= 11 is 6.06. The number of aliphatic hydroxyl groups is 1. The topological polar surface area (TPSA) is 53.0 Å². The number of carbonyl (C=O) groups is 1. The molecule has 5 nitrogen and oxygen atoms in total. The Labute approximate surface area is 135 Å². The second-order valence-corrected chi connectivity index (χ2v) is 6.35. The van der Waals surface area contributed by atoms with Crippen molar-refractivity contribution in [3.05, 3.63) is 23.2 Å². The van der Waals surface area contributed by atoms with Gasteiger partial charge in [-0.05, 0) is 37.0 Å². The average Bonchev–Trinajstić information content (AvgIpc) is 2.55. The Balaban J connectivity index is 1.69. The fourth-order valence-corrected chi connectivity index (χ4v) is 3.28. The minimum absolute atomic E-state index is 0.103. The highest BCUT2D eigenvalue weighted by atomic mass is 35.5. The standard InChI is InChI=1S/C16H21ClN2O3/c17-13-3-4-15-14(8-13)18(6-7-22-15)10-16(21)19-5-1-2-12(9-19)11-20/h3-4,8,12,20H,1-2,5-7,9-11H2. The van der Waals surface area contributed by atoms with Crippen molar-refractivity contribution in [2.75, 3.05) is 44.3 Å². The summed E-state index contributed by atoms with van der Waals surface area (Å²) in [4.78, 5) is 16.4. The van der Waals surface area contributed by atoms with Crippen molar-refractivity contribution in [2.24, 2.45) is 5.92 Å². The van der Waals surface area contributed by atoms with Gasteiger partial charge in [0.15, 0.2) is 0 Å². The number of halogens is 1. The van der Waals surface area contributed by atoms with Gasteiger partial charge in [-0.2, -0.15) is 0 Å². The minimum Gasteiger partial charge on any atom is -0.490 e. The Hall–Kier alpha value is -1.46. The van der Waals surface area contributed by atoms with Gasteiger partial charge in [-0.25, -0.2) is 0 Å². The normalized spacial score (nSPS) is 21.3. The van der Waals surface area contributed by atoms with Crippen molar-refractivity contribution >= 4 is 23.2 Å². The second kappa shape index (κ2) is 6.75. The van der Waals surface area contributed by atoms with Gasteiger partial charge in [0.2, 0.25) is 5.91 Å². The lowest BCUT2D eigenvalue weighted by Gasteiger charge is -2.35. The molecular weight excluding hydrogens is 304 g/mol. The molecule has 1 fully saturated rings. The van der Waals surface area contributed by atoms with Crippen LogP contribution in [0.25, 0.3) is 0 Å². The number of benzene rings is 1. The molecule has 6 heteroatoms. The van der Waals surface area contributed by atoms with Crippen LogP contribution in [0.2, 0.25) is 5.02 Å². The molecule has 1 unspecified atom stereocenters. The largest absolute Gasteiger partial charge is 0.490 e. The highest BCUT2D eigenvalue weighted by Gasteiger charge is 2.26. The van der Waals surface area contributed by atoms with E-state index in [1.165, 1.54) is 0 Å². The van der Waals surface area contributed by atoms with Gasteiger partial charge in [0.25, 0.3) is 0 Å². The molecule has 2 aliphatic heterocycles. The molecule has 1 amide bonds. The summed E-state index contributed by atoms with van der Waals surface area (Å²) in [6.45, 7) is 3.16. The zero-order chi connectivity index (χ0) is 15.5. The van der Waals surface area contributed by atoms with Gasteiger partial charge in [-0.15, -0.1) is 0 Å². The van der Waals surface area contributed by atoms with Crippen LogP contribution in [0.15, 0.2) is 18.2 Å². The maximum absolute atomic E-state index is 12.6. The van der Waals surface area contributed by atoms with E-state index in [1.807, 2.05) is 21.9 Å². The Morgan fingerprint density at radius 3 is 3.09 bits per heavy atom. The molecule has 1 aromatic rings. The predicted molar refractivity (Wildman–Crippen MR) is 85.5 cm³/mol. The highest BCUT2D eigenvalue weighted by Crippen LogP contribution is 2.34. The van der Waals surface area contributed by atoms with Gasteiger partial charge >= 0.3 is 0 Å². The third kappa shape index (κ3) is 3.31. The quantitative estimate of drug-likeness (QED) is 0.920. The van der Waals surface area contributed by atoms with Crippen molar-refractivity contribution in [1.82, 2.24) is 4.90 Å². The number of aliphatic hydroxyl groups excluding tert-OH is 1. The van der Waals surface area contributed by atoms with Gasteiger partial charge in [0.05, 0.1) is 18.8 Å². The van der Waals surface area contributed by atoms with Crippen molar-refractivity contribution in [3.8, 4) is 5.75 Å². The Morgan fingerprint density at radius 2 is 2.27 bits per heavy atom. The van der Waals surface area contributed by atoms with Gasteiger partial charge in [0, 0.05) is 24.7 Å². The number of rotatable bonds is 3. The number of fused-ring (bicyclic) bond motifs is 1. The van der Waals surface area contributed by atoms with Gasteiger partial charge in [-0.1, -0.05) is 11.6 Å². The zero-order valence-corrected chi connectivity index (χ0v) is 13.3. The maximum atomic E-state index is 12.6. The fraction of sp³-hybridized carbons (Fsp3) is 0.562. The van der Waals surface area contributed by atoms with E-state index in [0.717, 1.165) is 30.8 Å². The molecule has 120 valence electrons. The van der Waals surface area contributed by atoms with Crippen LogP contribution in [0.3, 0.4) is 0 Å². The summed E-state index contributed by atoms with van der Waals surface area (Å²) in [5.41, 5.74) is 0.878. The summed E-state index contributed by atoms with van der Waals surface area (Å²) < 4.78 is 5.61. The lowest BCUT2D eigenvalue weighted by molar-refractivity contribution is -0.131. The molecule has 2 heterocycles. The first kappa shape index (κ1) is 15.4. The van der Waals surface area contributed by atoms with E-state index in [1.54, 1.807) is 6.07 Å². The molecule has 3 rings (SSSR count). The van der Waals surface area contributed by atoms with E-state index in [4.69, 9.17) is 16.3 Å². The molecule has 1 atom stereocenters. The Bertz CT molecular complexity index is 552. The van der Waals surface area contributed by atoms with Crippen LogP contribution < -0.4 is 9.64 Å². The molecular formula is C16H21ClN2O3. The molecule has 1 saturated heterocycles. The number of anilines is 1. The van der Waals surface area contributed by atoms with Crippen LogP contribution >= 0.6 is 11.6 Å². The van der Waals surface area contributed by atoms with Gasteiger partial charge in [0.1, 0.15) is 12.4 Å². The summed E-state index contributed by atoms with van der Waals surface area (Å²) in [6.07, 6.45) is 1.96. The van der Waals surface area contributed by atoms with Crippen LogP contribution in [0.4, 0.5) is 5.69 Å². The van der Waals surface area contributed by atoms with Crippen LogP contribution in [0.5, 0.6) is 5.75 Å². The molecule has 0 spiro atoms. The van der Waals surface area contributed by atoms with E-state index in [2.05, 4.69) is 0 Å². The number of piperidine rings is 1. The van der Waals surface area contributed by atoms with E-state index in [9.17, 15) is 9.90 Å². The van der Waals surface area contributed by atoms with Crippen molar-refractivity contribution in [3.63, 3.8) is 0 Å². The van der Waals surface area contributed by atoms with Crippen molar-refractivity contribution in [2.45, 2.75) is 12.8 Å². The number of nitrogens with zero attached hydrogens (tertiary/aromatic N) is 2. The van der Waals surface area contributed by atoms with E-state index in [-0.39, 0.29) is 18.4 Å². The first-order valence-electron chi connectivity index (χ1n) is 7.73. The van der Waals surface area contributed by atoms with Gasteiger partial charge < -0.3 is 19.6 Å². The Kier molecular flexibility index (Phi) is 4.74. The number of ether oxygens (including phenoxy) is 1. The van der Waals surface area contributed by atoms with Crippen LogP contribution in [-0.4, -0.2) is 55.3 Å².